The highest BCUT2D eigenvalue weighted by atomic mass is 32.2. The number of ether oxygens (including phenoxy) is 1. The number of methoxy groups -OCH3 is 1. The van der Waals surface area contributed by atoms with Gasteiger partial charge in [0.25, 0.3) is 0 Å². The van der Waals surface area contributed by atoms with Gasteiger partial charge in [-0.2, -0.15) is 0 Å². The highest BCUT2D eigenvalue weighted by Gasteiger charge is 2.31. The second-order valence-electron chi connectivity index (χ2n) is 4.80. The molecule has 8 nitrogen and oxygen atoms in total. The van der Waals surface area contributed by atoms with Gasteiger partial charge in [-0.3, -0.25) is 0 Å². The third-order valence-electron chi connectivity index (χ3n) is 3.13. The smallest absolute Gasteiger partial charge is 0.318 e. The maximum absolute atomic E-state index is 11.5. The molecule has 1 unspecified atom stereocenters. The van der Waals surface area contributed by atoms with E-state index in [1.807, 2.05) is 11.8 Å². The van der Waals surface area contributed by atoms with Crippen molar-refractivity contribution in [3.63, 3.8) is 0 Å². The number of anilines is 1. The predicted molar refractivity (Wildman–Crippen MR) is 73.3 cm³/mol. The van der Waals surface area contributed by atoms with Crippen molar-refractivity contribution in [3.05, 3.63) is 5.89 Å². The molecule has 1 aliphatic rings. The summed E-state index contributed by atoms with van der Waals surface area (Å²) in [6, 6.07) is 0.236. The zero-order chi connectivity index (χ0) is 14.6. The van der Waals surface area contributed by atoms with Crippen LogP contribution in [0.5, 0.6) is 0 Å². The summed E-state index contributed by atoms with van der Waals surface area (Å²) >= 11 is 0. The Balaban J connectivity index is 1.92. The van der Waals surface area contributed by atoms with Crippen LogP contribution in [0.2, 0.25) is 0 Å². The van der Waals surface area contributed by atoms with E-state index in [9.17, 15) is 8.42 Å². The van der Waals surface area contributed by atoms with Crippen molar-refractivity contribution >= 4 is 15.9 Å². The molecule has 0 aromatic carbocycles. The summed E-state index contributed by atoms with van der Waals surface area (Å²) in [6.07, 6.45) is 0. The van der Waals surface area contributed by atoms with Crippen LogP contribution >= 0.6 is 0 Å². The lowest BCUT2D eigenvalue weighted by atomic mass is 10.3. The van der Waals surface area contributed by atoms with Crippen molar-refractivity contribution in [3.8, 4) is 0 Å². The molecule has 1 aromatic heterocycles. The van der Waals surface area contributed by atoms with E-state index in [-0.39, 0.29) is 17.5 Å². The Bertz CT molecular complexity index is 530. The van der Waals surface area contributed by atoms with Crippen LogP contribution in [-0.2, 0) is 21.1 Å². The van der Waals surface area contributed by atoms with E-state index in [2.05, 4.69) is 15.5 Å². The lowest BCUT2D eigenvalue weighted by Gasteiger charge is -2.31. The normalized spacial score (nSPS) is 22.1. The molecule has 0 saturated carbocycles. The van der Waals surface area contributed by atoms with Crippen LogP contribution in [-0.4, -0.2) is 63.0 Å². The van der Waals surface area contributed by atoms with Crippen molar-refractivity contribution in [1.82, 2.24) is 15.5 Å². The number of rotatable bonds is 6. The van der Waals surface area contributed by atoms with Gasteiger partial charge >= 0.3 is 6.01 Å². The molecule has 1 saturated heterocycles. The fourth-order valence-electron chi connectivity index (χ4n) is 2.08. The van der Waals surface area contributed by atoms with Crippen LogP contribution in [0, 0.1) is 0 Å². The molecule has 0 spiro atoms. The Morgan fingerprint density at radius 2 is 2.30 bits per heavy atom. The monoisotopic (exact) mass is 304 g/mol. The average molecular weight is 304 g/mol. The highest BCUT2D eigenvalue weighted by Crippen LogP contribution is 2.20. The van der Waals surface area contributed by atoms with Crippen LogP contribution in [0.4, 0.5) is 6.01 Å². The molecule has 20 heavy (non-hydrogen) atoms. The maximum Gasteiger partial charge on any atom is 0.318 e. The van der Waals surface area contributed by atoms with Gasteiger partial charge in [-0.25, -0.2) is 8.42 Å². The first kappa shape index (κ1) is 15.2. The minimum Gasteiger partial charge on any atom is -0.407 e. The number of sulfone groups is 1. The second kappa shape index (κ2) is 6.51. The van der Waals surface area contributed by atoms with Crippen molar-refractivity contribution < 1.29 is 17.6 Å². The zero-order valence-corrected chi connectivity index (χ0v) is 12.5. The predicted octanol–water partition coefficient (Wildman–Crippen LogP) is -0.571. The Hall–Kier alpha value is -1.19. The van der Waals surface area contributed by atoms with Crippen molar-refractivity contribution in [2.24, 2.45) is 0 Å². The van der Waals surface area contributed by atoms with Crippen LogP contribution in [0.3, 0.4) is 0 Å². The van der Waals surface area contributed by atoms with Gasteiger partial charge in [0, 0.05) is 26.2 Å². The molecule has 1 atom stereocenters. The number of nitrogens with one attached hydrogen (secondary N) is 1. The van der Waals surface area contributed by atoms with Crippen molar-refractivity contribution in [2.75, 3.05) is 43.2 Å². The molecule has 114 valence electrons. The van der Waals surface area contributed by atoms with Crippen molar-refractivity contribution in [2.45, 2.75) is 19.5 Å². The molecule has 2 rings (SSSR count). The molecule has 1 aromatic rings. The van der Waals surface area contributed by atoms with Gasteiger partial charge in [0.05, 0.1) is 24.7 Å². The standard InChI is InChI=1S/C11H20N4O4S/c1-9-8-20(16,17)6-4-15(9)11-14-13-10(19-11)7-12-3-5-18-2/h9,12H,3-8H2,1-2H3. The average Bonchev–Trinajstić information content (AvgIpc) is 2.82. The molecule has 2 heterocycles. The Morgan fingerprint density at radius 1 is 1.50 bits per heavy atom. The molecule has 1 N–H and O–H groups in total. The Kier molecular flexibility index (Phi) is 4.95. The van der Waals surface area contributed by atoms with E-state index in [4.69, 9.17) is 9.15 Å². The highest BCUT2D eigenvalue weighted by molar-refractivity contribution is 7.91. The van der Waals surface area contributed by atoms with E-state index < -0.39 is 9.84 Å². The summed E-state index contributed by atoms with van der Waals surface area (Å²) in [7, 11) is -1.31. The summed E-state index contributed by atoms with van der Waals surface area (Å²) in [5, 5.41) is 11.0. The van der Waals surface area contributed by atoms with E-state index in [1.54, 1.807) is 7.11 Å². The SMILES string of the molecule is COCCNCc1nnc(N2CCS(=O)(=O)CC2C)o1. The first-order valence-corrected chi connectivity index (χ1v) is 8.33. The molecule has 0 radical (unpaired) electrons. The van der Waals surface area contributed by atoms with Crippen molar-refractivity contribution in [1.29, 1.82) is 0 Å². The fourth-order valence-corrected chi connectivity index (χ4v) is 3.64. The number of hydrogen-bond donors (Lipinski definition) is 1. The zero-order valence-electron chi connectivity index (χ0n) is 11.7. The summed E-state index contributed by atoms with van der Waals surface area (Å²) < 4.78 is 33.5. The third-order valence-corrected chi connectivity index (χ3v) is 4.93. The molecule has 1 aliphatic heterocycles. The molecular formula is C11H20N4O4S. The first-order valence-electron chi connectivity index (χ1n) is 6.51. The maximum atomic E-state index is 11.5. The summed E-state index contributed by atoms with van der Waals surface area (Å²) in [6.45, 7) is 4.02. The molecule has 0 amide bonds. The summed E-state index contributed by atoms with van der Waals surface area (Å²) in [5.74, 6) is 0.731. The van der Waals surface area contributed by atoms with Gasteiger partial charge in [-0.05, 0) is 6.92 Å². The molecular weight excluding hydrogens is 284 g/mol. The summed E-state index contributed by atoms with van der Waals surface area (Å²) in [4.78, 5) is 1.84. The van der Waals surface area contributed by atoms with Gasteiger partial charge in [0.15, 0.2) is 9.84 Å². The lowest BCUT2D eigenvalue weighted by molar-refractivity contribution is 0.198. The van der Waals surface area contributed by atoms with Gasteiger partial charge < -0.3 is 19.4 Å². The molecule has 1 fully saturated rings. The van der Waals surface area contributed by atoms with E-state index in [0.29, 0.717) is 38.1 Å². The van der Waals surface area contributed by atoms with Gasteiger partial charge in [0.1, 0.15) is 0 Å². The lowest BCUT2D eigenvalue weighted by Crippen LogP contribution is -2.47. The Labute approximate surface area is 118 Å². The number of aromatic nitrogens is 2. The van der Waals surface area contributed by atoms with Gasteiger partial charge in [-0.1, -0.05) is 5.10 Å². The van der Waals surface area contributed by atoms with Gasteiger partial charge in [0.2, 0.25) is 5.89 Å². The Morgan fingerprint density at radius 3 is 3.00 bits per heavy atom. The quantitative estimate of drug-likeness (QED) is 0.698. The van der Waals surface area contributed by atoms with Gasteiger partial charge in [-0.15, -0.1) is 5.10 Å². The van der Waals surface area contributed by atoms with Crippen LogP contribution in [0.25, 0.3) is 0 Å². The molecule has 0 bridgehead atoms. The van der Waals surface area contributed by atoms with E-state index in [1.165, 1.54) is 0 Å². The van der Waals surface area contributed by atoms with Crippen LogP contribution < -0.4 is 10.2 Å². The van der Waals surface area contributed by atoms with Crippen LogP contribution in [0.1, 0.15) is 12.8 Å². The second-order valence-corrected chi connectivity index (χ2v) is 7.03. The topological polar surface area (TPSA) is 97.6 Å². The third kappa shape index (κ3) is 3.90. The number of nitrogens with zero attached hydrogens (tertiary/aromatic N) is 3. The molecule has 0 aliphatic carbocycles. The number of hydrogen-bond acceptors (Lipinski definition) is 8. The van der Waals surface area contributed by atoms with Crippen LogP contribution in [0.15, 0.2) is 4.42 Å². The van der Waals surface area contributed by atoms with E-state index >= 15 is 0 Å². The minimum absolute atomic E-state index is 0.122. The minimum atomic E-state index is -2.94. The first-order chi connectivity index (χ1) is 9.52. The molecule has 9 heteroatoms. The summed E-state index contributed by atoms with van der Waals surface area (Å²) in [5.41, 5.74) is 0. The van der Waals surface area contributed by atoms with E-state index in [0.717, 1.165) is 0 Å². The largest absolute Gasteiger partial charge is 0.407 e. The fraction of sp³-hybridized carbons (Fsp3) is 0.818.